The summed E-state index contributed by atoms with van der Waals surface area (Å²) in [5.41, 5.74) is 5.20. The van der Waals surface area contributed by atoms with Gasteiger partial charge in [-0.25, -0.2) is 21.6 Å². The topological polar surface area (TPSA) is 63.4 Å². The minimum Gasteiger partial charge on any atom is -0.399 e. The number of benzene rings is 1. The second-order valence-corrected chi connectivity index (χ2v) is 5.44. The molecule has 0 atom stereocenters. The SMILES string of the molecule is CN(CC(F)F)S(=O)(=O)c1cc(N)cc(F)c1. The minimum absolute atomic E-state index is 0.0889. The van der Waals surface area contributed by atoms with E-state index in [0.29, 0.717) is 4.31 Å². The summed E-state index contributed by atoms with van der Waals surface area (Å²) in [6.07, 6.45) is -2.80. The lowest BCUT2D eigenvalue weighted by molar-refractivity contribution is 0.126. The molecule has 17 heavy (non-hydrogen) atoms. The number of alkyl halides is 2. The summed E-state index contributed by atoms with van der Waals surface area (Å²) in [7, 11) is -3.16. The van der Waals surface area contributed by atoms with E-state index >= 15 is 0 Å². The van der Waals surface area contributed by atoms with E-state index in [0.717, 1.165) is 25.2 Å². The molecule has 0 saturated heterocycles. The predicted octanol–water partition coefficient (Wildman–Crippen LogP) is 1.29. The third kappa shape index (κ3) is 3.34. The van der Waals surface area contributed by atoms with Crippen molar-refractivity contribution in [2.75, 3.05) is 19.3 Å². The zero-order valence-electron chi connectivity index (χ0n) is 8.90. The minimum atomic E-state index is -4.15. The first-order valence-corrected chi connectivity index (χ1v) is 5.98. The maximum absolute atomic E-state index is 13.0. The second-order valence-electron chi connectivity index (χ2n) is 3.40. The molecule has 0 spiro atoms. The predicted molar refractivity (Wildman–Crippen MR) is 56.6 cm³/mol. The highest BCUT2D eigenvalue weighted by Gasteiger charge is 2.24. The Morgan fingerprint density at radius 1 is 1.35 bits per heavy atom. The van der Waals surface area contributed by atoms with E-state index in [9.17, 15) is 21.6 Å². The van der Waals surface area contributed by atoms with E-state index in [2.05, 4.69) is 0 Å². The average Bonchev–Trinajstić information content (AvgIpc) is 2.14. The standard InChI is InChI=1S/C9H11F3N2O2S/c1-14(5-9(11)12)17(15,16)8-3-6(10)2-7(13)4-8/h2-4,9H,5,13H2,1H3. The van der Waals surface area contributed by atoms with Gasteiger partial charge >= 0.3 is 0 Å². The van der Waals surface area contributed by atoms with Crippen LogP contribution in [-0.4, -0.2) is 32.7 Å². The van der Waals surface area contributed by atoms with Gasteiger partial charge in [0.25, 0.3) is 6.43 Å². The summed E-state index contributed by atoms with van der Waals surface area (Å²) in [6, 6.07) is 2.68. The van der Waals surface area contributed by atoms with Gasteiger partial charge in [0.15, 0.2) is 0 Å². The van der Waals surface area contributed by atoms with Crippen molar-refractivity contribution in [2.45, 2.75) is 11.3 Å². The van der Waals surface area contributed by atoms with Gasteiger partial charge in [0.1, 0.15) is 5.82 Å². The number of hydrogen-bond acceptors (Lipinski definition) is 3. The molecule has 0 heterocycles. The van der Waals surface area contributed by atoms with E-state index in [1.165, 1.54) is 0 Å². The average molecular weight is 268 g/mol. The van der Waals surface area contributed by atoms with Gasteiger partial charge in [-0.3, -0.25) is 0 Å². The number of nitrogen functional groups attached to an aromatic ring is 1. The fraction of sp³-hybridized carbons (Fsp3) is 0.333. The molecular formula is C9H11F3N2O2S. The Kier molecular flexibility index (Phi) is 3.99. The molecule has 4 nitrogen and oxygen atoms in total. The lowest BCUT2D eigenvalue weighted by Gasteiger charge is -2.16. The third-order valence-corrected chi connectivity index (χ3v) is 3.80. The van der Waals surface area contributed by atoms with E-state index < -0.39 is 33.7 Å². The van der Waals surface area contributed by atoms with Crippen molar-refractivity contribution < 1.29 is 21.6 Å². The normalized spacial score (nSPS) is 12.4. The number of rotatable bonds is 4. The third-order valence-electron chi connectivity index (χ3n) is 2.00. The van der Waals surface area contributed by atoms with Crippen LogP contribution in [0.2, 0.25) is 0 Å². The monoisotopic (exact) mass is 268 g/mol. The highest BCUT2D eigenvalue weighted by atomic mass is 32.2. The largest absolute Gasteiger partial charge is 0.399 e. The first-order valence-electron chi connectivity index (χ1n) is 4.54. The highest BCUT2D eigenvalue weighted by Crippen LogP contribution is 2.19. The van der Waals surface area contributed by atoms with Gasteiger partial charge in [-0.15, -0.1) is 0 Å². The Balaban J connectivity index is 3.12. The van der Waals surface area contributed by atoms with Crippen LogP contribution in [0.5, 0.6) is 0 Å². The van der Waals surface area contributed by atoms with E-state index in [1.807, 2.05) is 0 Å². The smallest absolute Gasteiger partial charge is 0.252 e. The molecular weight excluding hydrogens is 257 g/mol. The number of anilines is 1. The van der Waals surface area contributed by atoms with Gasteiger partial charge in [0.2, 0.25) is 10.0 Å². The maximum Gasteiger partial charge on any atom is 0.252 e. The van der Waals surface area contributed by atoms with Crippen molar-refractivity contribution in [1.82, 2.24) is 4.31 Å². The Hall–Kier alpha value is -1.28. The lowest BCUT2D eigenvalue weighted by Crippen LogP contribution is -2.31. The highest BCUT2D eigenvalue weighted by molar-refractivity contribution is 7.89. The molecule has 0 unspecified atom stereocenters. The summed E-state index contributed by atoms with van der Waals surface area (Å²) >= 11 is 0. The van der Waals surface area contributed by atoms with Crippen molar-refractivity contribution in [3.8, 4) is 0 Å². The summed E-state index contributed by atoms with van der Waals surface area (Å²) in [4.78, 5) is -0.446. The Bertz CT molecular complexity index is 485. The second kappa shape index (κ2) is 4.92. The van der Waals surface area contributed by atoms with Crippen LogP contribution in [-0.2, 0) is 10.0 Å². The number of nitrogens with zero attached hydrogens (tertiary/aromatic N) is 1. The fourth-order valence-corrected chi connectivity index (χ4v) is 2.42. The molecule has 0 aromatic heterocycles. The molecule has 1 rings (SSSR count). The Labute approximate surface area is 96.9 Å². The molecule has 0 aliphatic carbocycles. The van der Waals surface area contributed by atoms with Crippen LogP contribution in [0.25, 0.3) is 0 Å². The van der Waals surface area contributed by atoms with Crippen LogP contribution in [0.3, 0.4) is 0 Å². The van der Waals surface area contributed by atoms with E-state index in [4.69, 9.17) is 5.73 Å². The Morgan fingerprint density at radius 2 is 1.94 bits per heavy atom. The van der Waals surface area contributed by atoms with Gasteiger partial charge in [0.05, 0.1) is 11.4 Å². The summed E-state index contributed by atoms with van der Waals surface area (Å²) in [6.45, 7) is -0.960. The van der Waals surface area contributed by atoms with Crippen LogP contribution in [0.15, 0.2) is 23.1 Å². The van der Waals surface area contributed by atoms with Gasteiger partial charge in [-0.2, -0.15) is 4.31 Å². The quantitative estimate of drug-likeness (QED) is 0.837. The van der Waals surface area contributed by atoms with Gasteiger partial charge < -0.3 is 5.73 Å². The fourth-order valence-electron chi connectivity index (χ4n) is 1.21. The van der Waals surface area contributed by atoms with E-state index in [1.54, 1.807) is 0 Å². The zero-order valence-corrected chi connectivity index (χ0v) is 9.72. The van der Waals surface area contributed by atoms with Crippen molar-refractivity contribution in [1.29, 1.82) is 0 Å². The molecule has 8 heteroatoms. The first kappa shape index (κ1) is 13.8. The number of hydrogen-bond donors (Lipinski definition) is 1. The molecule has 2 N–H and O–H groups in total. The summed E-state index contributed by atoms with van der Waals surface area (Å²) in [5.74, 6) is -0.839. The molecule has 0 bridgehead atoms. The lowest BCUT2D eigenvalue weighted by atomic mass is 10.3. The van der Waals surface area contributed by atoms with Crippen LogP contribution in [0.4, 0.5) is 18.9 Å². The van der Waals surface area contributed by atoms with Crippen LogP contribution in [0, 0.1) is 5.82 Å². The molecule has 1 aromatic carbocycles. The summed E-state index contributed by atoms with van der Waals surface area (Å²) < 4.78 is 61.1. The molecule has 0 fully saturated rings. The molecule has 0 amide bonds. The van der Waals surface area contributed by atoms with Crippen LogP contribution >= 0.6 is 0 Å². The van der Waals surface area contributed by atoms with Crippen molar-refractivity contribution in [2.24, 2.45) is 0 Å². The van der Waals surface area contributed by atoms with Crippen molar-refractivity contribution in [3.05, 3.63) is 24.0 Å². The molecule has 0 aliphatic rings. The van der Waals surface area contributed by atoms with Gasteiger partial charge in [0, 0.05) is 12.7 Å². The molecule has 0 radical (unpaired) electrons. The van der Waals surface area contributed by atoms with Crippen LogP contribution < -0.4 is 5.73 Å². The zero-order chi connectivity index (χ0) is 13.2. The van der Waals surface area contributed by atoms with Crippen LogP contribution in [0.1, 0.15) is 0 Å². The van der Waals surface area contributed by atoms with Gasteiger partial charge in [-0.05, 0) is 18.2 Å². The van der Waals surface area contributed by atoms with E-state index in [-0.39, 0.29) is 5.69 Å². The first-order chi connectivity index (χ1) is 7.73. The number of halogens is 3. The Morgan fingerprint density at radius 3 is 2.41 bits per heavy atom. The number of sulfonamides is 1. The molecule has 0 aliphatic heterocycles. The number of nitrogens with two attached hydrogens (primary N) is 1. The molecule has 0 saturated carbocycles. The molecule has 96 valence electrons. The van der Waals surface area contributed by atoms with Gasteiger partial charge in [-0.1, -0.05) is 0 Å². The van der Waals surface area contributed by atoms with Crippen molar-refractivity contribution >= 4 is 15.7 Å². The summed E-state index contributed by atoms with van der Waals surface area (Å²) in [5, 5.41) is 0. The van der Waals surface area contributed by atoms with Crippen molar-refractivity contribution in [3.63, 3.8) is 0 Å². The molecule has 1 aromatic rings. The maximum atomic E-state index is 13.0.